The first-order chi connectivity index (χ1) is 7.33. The second kappa shape index (κ2) is 3.41. The number of rotatable bonds is 2. The molecular weight excluding hydrogens is 203 g/mol. The second-order valence-corrected chi connectivity index (χ2v) is 5.55. The van der Waals surface area contributed by atoms with E-state index < -0.39 is 0 Å². The van der Waals surface area contributed by atoms with Crippen LogP contribution < -0.4 is 0 Å². The van der Waals surface area contributed by atoms with E-state index in [0.29, 0.717) is 5.56 Å². The number of carbonyl (C=O) groups excluding carboxylic acids is 1. The molecule has 2 heteroatoms. The molecule has 0 N–H and O–H groups in total. The number of benzene rings is 1. The van der Waals surface area contributed by atoms with Crippen molar-refractivity contribution in [3.63, 3.8) is 0 Å². The Balaban J connectivity index is 2.38. The van der Waals surface area contributed by atoms with Crippen LogP contribution in [0.4, 0.5) is 4.39 Å². The molecule has 0 aliphatic heterocycles. The predicted octanol–water partition coefficient (Wildman–Crippen LogP) is 3.67. The predicted molar refractivity (Wildman–Crippen MR) is 62.1 cm³/mol. The van der Waals surface area contributed by atoms with Gasteiger partial charge in [-0.3, -0.25) is 4.79 Å². The van der Waals surface area contributed by atoms with Crippen molar-refractivity contribution >= 4 is 5.78 Å². The lowest BCUT2D eigenvalue weighted by atomic mass is 9.96. The standard InChI is InChI=1S/C14H17FO/c1-8-5-9(2)12(11(15)6-8)13(16)10-7-14(10,3)4/h5-6,10H,7H2,1-4H3. The van der Waals surface area contributed by atoms with Gasteiger partial charge in [-0.05, 0) is 42.9 Å². The van der Waals surface area contributed by atoms with Crippen LogP contribution in [0.3, 0.4) is 0 Å². The Morgan fingerprint density at radius 1 is 1.38 bits per heavy atom. The molecule has 16 heavy (non-hydrogen) atoms. The summed E-state index contributed by atoms with van der Waals surface area (Å²) in [5.41, 5.74) is 1.97. The van der Waals surface area contributed by atoms with Crippen LogP contribution in [0.25, 0.3) is 0 Å². The molecule has 1 aromatic rings. The normalized spacial score (nSPS) is 21.9. The summed E-state index contributed by atoms with van der Waals surface area (Å²) < 4.78 is 13.8. The molecule has 1 unspecified atom stereocenters. The number of aryl methyl sites for hydroxylation is 2. The summed E-state index contributed by atoms with van der Waals surface area (Å²) in [5, 5.41) is 0. The summed E-state index contributed by atoms with van der Waals surface area (Å²) in [6.07, 6.45) is 0.874. The molecule has 0 aromatic heterocycles. The van der Waals surface area contributed by atoms with Crippen molar-refractivity contribution in [3.05, 3.63) is 34.6 Å². The van der Waals surface area contributed by atoms with Gasteiger partial charge in [-0.1, -0.05) is 19.9 Å². The summed E-state index contributed by atoms with van der Waals surface area (Å²) in [5.74, 6) is -0.395. The van der Waals surface area contributed by atoms with Crippen molar-refractivity contribution < 1.29 is 9.18 Å². The lowest BCUT2D eigenvalue weighted by Crippen LogP contribution is -2.11. The van der Waals surface area contributed by atoms with Gasteiger partial charge in [0.2, 0.25) is 0 Å². The topological polar surface area (TPSA) is 17.1 Å². The third kappa shape index (κ3) is 1.77. The highest BCUT2D eigenvalue weighted by Crippen LogP contribution is 2.53. The molecule has 0 amide bonds. The van der Waals surface area contributed by atoms with Crippen molar-refractivity contribution in [3.8, 4) is 0 Å². The highest BCUT2D eigenvalue weighted by Gasteiger charge is 2.51. The number of ketones is 1. The lowest BCUT2D eigenvalue weighted by molar-refractivity contribution is 0.0948. The zero-order valence-electron chi connectivity index (χ0n) is 10.2. The van der Waals surface area contributed by atoms with Crippen molar-refractivity contribution in [2.75, 3.05) is 0 Å². The minimum atomic E-state index is -0.370. The highest BCUT2D eigenvalue weighted by atomic mass is 19.1. The van der Waals surface area contributed by atoms with E-state index in [1.807, 2.05) is 13.0 Å². The zero-order chi connectivity index (χ0) is 12.1. The van der Waals surface area contributed by atoms with Gasteiger partial charge in [0.15, 0.2) is 5.78 Å². The van der Waals surface area contributed by atoms with E-state index in [4.69, 9.17) is 0 Å². The van der Waals surface area contributed by atoms with Crippen LogP contribution in [-0.2, 0) is 0 Å². The maximum Gasteiger partial charge on any atom is 0.169 e. The van der Waals surface area contributed by atoms with Crippen LogP contribution in [0, 0.1) is 31.0 Å². The molecule has 1 saturated carbocycles. The van der Waals surface area contributed by atoms with Gasteiger partial charge in [0.25, 0.3) is 0 Å². The molecule has 1 nitrogen and oxygen atoms in total. The molecule has 1 aliphatic rings. The largest absolute Gasteiger partial charge is 0.294 e. The maximum absolute atomic E-state index is 13.8. The third-order valence-corrected chi connectivity index (χ3v) is 3.51. The number of halogens is 1. The lowest BCUT2D eigenvalue weighted by Gasteiger charge is -2.08. The van der Waals surface area contributed by atoms with Crippen LogP contribution in [0.2, 0.25) is 0 Å². The van der Waals surface area contributed by atoms with Crippen LogP contribution in [0.15, 0.2) is 12.1 Å². The van der Waals surface area contributed by atoms with Crippen molar-refractivity contribution in [2.45, 2.75) is 34.1 Å². The number of hydrogen-bond donors (Lipinski definition) is 0. The molecular formula is C14H17FO. The molecule has 0 heterocycles. The summed E-state index contributed by atoms with van der Waals surface area (Å²) >= 11 is 0. The molecule has 1 fully saturated rings. The summed E-state index contributed by atoms with van der Waals surface area (Å²) in [6, 6.07) is 3.31. The van der Waals surface area contributed by atoms with Gasteiger partial charge in [0.1, 0.15) is 5.82 Å². The molecule has 86 valence electrons. The van der Waals surface area contributed by atoms with Crippen LogP contribution >= 0.6 is 0 Å². The van der Waals surface area contributed by atoms with E-state index >= 15 is 0 Å². The summed E-state index contributed by atoms with van der Waals surface area (Å²) in [7, 11) is 0. The second-order valence-electron chi connectivity index (χ2n) is 5.55. The van der Waals surface area contributed by atoms with Gasteiger partial charge in [-0.15, -0.1) is 0 Å². The third-order valence-electron chi connectivity index (χ3n) is 3.51. The summed E-state index contributed by atoms with van der Waals surface area (Å²) in [4.78, 5) is 12.1. The van der Waals surface area contributed by atoms with Gasteiger partial charge < -0.3 is 0 Å². The summed E-state index contributed by atoms with van der Waals surface area (Å²) in [6.45, 7) is 7.75. The minimum Gasteiger partial charge on any atom is -0.294 e. The first-order valence-corrected chi connectivity index (χ1v) is 5.64. The van der Waals surface area contributed by atoms with E-state index in [0.717, 1.165) is 17.5 Å². The monoisotopic (exact) mass is 220 g/mol. The quantitative estimate of drug-likeness (QED) is 0.695. The van der Waals surface area contributed by atoms with E-state index in [2.05, 4.69) is 13.8 Å². The molecule has 0 radical (unpaired) electrons. The van der Waals surface area contributed by atoms with Gasteiger partial charge >= 0.3 is 0 Å². The average Bonchev–Trinajstić information content (AvgIpc) is 2.73. The van der Waals surface area contributed by atoms with E-state index in [-0.39, 0.29) is 22.9 Å². The Labute approximate surface area is 95.7 Å². The molecule has 0 bridgehead atoms. The SMILES string of the molecule is Cc1cc(C)c(C(=O)C2CC2(C)C)c(F)c1. The molecule has 1 atom stereocenters. The Bertz CT molecular complexity index is 437. The first-order valence-electron chi connectivity index (χ1n) is 5.64. The van der Waals surface area contributed by atoms with Gasteiger partial charge in [0.05, 0.1) is 5.56 Å². The molecule has 1 aromatic carbocycles. The van der Waals surface area contributed by atoms with E-state index in [9.17, 15) is 9.18 Å². The fourth-order valence-corrected chi connectivity index (χ4v) is 2.32. The Morgan fingerprint density at radius 3 is 2.38 bits per heavy atom. The fraction of sp³-hybridized carbons (Fsp3) is 0.500. The number of carbonyl (C=O) groups is 1. The number of hydrogen-bond acceptors (Lipinski definition) is 1. The molecule has 0 spiro atoms. The molecule has 1 aliphatic carbocycles. The van der Waals surface area contributed by atoms with Gasteiger partial charge in [0, 0.05) is 5.92 Å². The Kier molecular flexibility index (Phi) is 2.41. The van der Waals surface area contributed by atoms with Crippen LogP contribution in [0.1, 0.15) is 41.8 Å². The minimum absolute atomic E-state index is 0.00315. The van der Waals surface area contributed by atoms with Gasteiger partial charge in [-0.2, -0.15) is 0 Å². The van der Waals surface area contributed by atoms with Crippen molar-refractivity contribution in [1.29, 1.82) is 0 Å². The smallest absolute Gasteiger partial charge is 0.169 e. The molecule has 0 saturated heterocycles. The Morgan fingerprint density at radius 2 is 1.94 bits per heavy atom. The van der Waals surface area contributed by atoms with Crippen molar-refractivity contribution in [1.82, 2.24) is 0 Å². The zero-order valence-corrected chi connectivity index (χ0v) is 10.2. The van der Waals surface area contributed by atoms with Gasteiger partial charge in [-0.25, -0.2) is 4.39 Å². The number of Topliss-reactive ketones (excluding diaryl/α,β-unsaturated/α-hetero) is 1. The van der Waals surface area contributed by atoms with E-state index in [1.165, 1.54) is 6.07 Å². The van der Waals surface area contributed by atoms with Crippen LogP contribution in [0.5, 0.6) is 0 Å². The van der Waals surface area contributed by atoms with E-state index in [1.54, 1.807) is 6.92 Å². The first kappa shape index (κ1) is 11.3. The Hall–Kier alpha value is -1.18. The highest BCUT2D eigenvalue weighted by molar-refractivity contribution is 6.01. The fourth-order valence-electron chi connectivity index (χ4n) is 2.32. The average molecular weight is 220 g/mol. The van der Waals surface area contributed by atoms with Crippen molar-refractivity contribution in [2.24, 2.45) is 11.3 Å². The molecule has 2 rings (SSSR count). The van der Waals surface area contributed by atoms with Crippen LogP contribution in [-0.4, -0.2) is 5.78 Å². The maximum atomic E-state index is 13.8.